The monoisotopic (exact) mass is 371 g/mol. The quantitative estimate of drug-likeness (QED) is 0.842. The first-order chi connectivity index (χ1) is 13.1. The Kier molecular flexibility index (Phi) is 4.97. The molecule has 3 atom stereocenters. The molecular weight excluding hydrogens is 342 g/mol. The van der Waals surface area contributed by atoms with E-state index in [1.165, 1.54) is 12.0 Å². The molecule has 6 heteroatoms. The van der Waals surface area contributed by atoms with Crippen molar-refractivity contribution in [2.75, 3.05) is 20.2 Å². The lowest BCUT2D eigenvalue weighted by Crippen LogP contribution is -2.58. The van der Waals surface area contributed by atoms with Crippen LogP contribution in [0.15, 0.2) is 30.6 Å². The highest BCUT2D eigenvalue weighted by Gasteiger charge is 2.53. The van der Waals surface area contributed by atoms with E-state index in [1.54, 1.807) is 13.3 Å². The molecule has 2 N–H and O–H groups in total. The maximum atomic E-state index is 11.7. The molecule has 0 amide bonds. The largest absolute Gasteiger partial charge is 0.496 e. The van der Waals surface area contributed by atoms with Gasteiger partial charge in [0.25, 0.3) is 0 Å². The Hall–Kier alpha value is -1.89. The van der Waals surface area contributed by atoms with Gasteiger partial charge in [0.2, 0.25) is 0 Å². The lowest BCUT2D eigenvalue weighted by molar-refractivity contribution is -0.155. The molecule has 1 saturated carbocycles. The second kappa shape index (κ2) is 7.26. The minimum absolute atomic E-state index is 0.0266. The third-order valence-electron chi connectivity index (χ3n) is 6.41. The minimum atomic E-state index is -0.830. The van der Waals surface area contributed by atoms with Crippen LogP contribution >= 0.6 is 0 Å². The minimum Gasteiger partial charge on any atom is -0.496 e. The van der Waals surface area contributed by atoms with Crippen molar-refractivity contribution in [3.05, 3.63) is 47.5 Å². The van der Waals surface area contributed by atoms with E-state index >= 15 is 0 Å². The molecule has 6 nitrogen and oxygen atoms in total. The van der Waals surface area contributed by atoms with E-state index in [-0.39, 0.29) is 18.4 Å². The van der Waals surface area contributed by atoms with E-state index in [2.05, 4.69) is 16.0 Å². The summed E-state index contributed by atoms with van der Waals surface area (Å²) >= 11 is 0. The predicted octanol–water partition coefficient (Wildman–Crippen LogP) is 2.04. The van der Waals surface area contributed by atoms with Crippen molar-refractivity contribution in [1.82, 2.24) is 14.5 Å². The van der Waals surface area contributed by atoms with Gasteiger partial charge in [0.05, 0.1) is 13.7 Å². The Morgan fingerprint density at radius 3 is 2.59 bits per heavy atom. The molecule has 1 saturated heterocycles. The van der Waals surface area contributed by atoms with Gasteiger partial charge in [-0.25, -0.2) is 4.98 Å². The van der Waals surface area contributed by atoms with Crippen molar-refractivity contribution in [1.29, 1.82) is 0 Å². The molecule has 2 fully saturated rings. The van der Waals surface area contributed by atoms with E-state index < -0.39 is 5.60 Å². The third kappa shape index (κ3) is 3.16. The lowest BCUT2D eigenvalue weighted by Gasteiger charge is -2.52. The summed E-state index contributed by atoms with van der Waals surface area (Å²) < 4.78 is 7.28. The number of aryl methyl sites for hydroxylation is 1. The summed E-state index contributed by atoms with van der Waals surface area (Å²) in [4.78, 5) is 6.94. The number of likely N-dealkylation sites (tertiary alicyclic amines) is 1. The fourth-order valence-electron chi connectivity index (χ4n) is 5.10. The van der Waals surface area contributed by atoms with Crippen LogP contribution in [0.5, 0.6) is 5.75 Å². The van der Waals surface area contributed by atoms with Gasteiger partial charge in [0.15, 0.2) is 0 Å². The molecule has 2 bridgehead atoms. The van der Waals surface area contributed by atoms with Gasteiger partial charge in [0.1, 0.15) is 17.2 Å². The first kappa shape index (κ1) is 18.5. The Bertz CT molecular complexity index is 790. The molecule has 1 aromatic carbocycles. The van der Waals surface area contributed by atoms with Crippen LogP contribution < -0.4 is 4.74 Å². The molecular formula is C21H29N3O3. The van der Waals surface area contributed by atoms with E-state index in [1.807, 2.05) is 29.9 Å². The Morgan fingerprint density at radius 2 is 2.00 bits per heavy atom. The molecule has 1 aromatic heterocycles. The molecule has 1 aliphatic heterocycles. The SMILES string of the molecule is COc1ccc(CN2C[C@H]3CCC[C@@H](C2)C3(O)c2nccn2C)cc1CO. The van der Waals surface area contributed by atoms with Crippen molar-refractivity contribution in [2.24, 2.45) is 18.9 Å². The maximum Gasteiger partial charge on any atom is 0.141 e. The molecule has 27 heavy (non-hydrogen) atoms. The van der Waals surface area contributed by atoms with Crippen LogP contribution in [0, 0.1) is 11.8 Å². The van der Waals surface area contributed by atoms with Crippen LogP contribution in [0.4, 0.5) is 0 Å². The summed E-state index contributed by atoms with van der Waals surface area (Å²) in [5, 5.41) is 21.2. The van der Waals surface area contributed by atoms with E-state index in [9.17, 15) is 10.2 Å². The van der Waals surface area contributed by atoms with Gasteiger partial charge in [0, 0.05) is 56.5 Å². The molecule has 2 aliphatic rings. The number of fused-ring (bicyclic) bond motifs is 2. The summed E-state index contributed by atoms with van der Waals surface area (Å²) in [7, 11) is 3.59. The van der Waals surface area contributed by atoms with Crippen molar-refractivity contribution >= 4 is 0 Å². The van der Waals surface area contributed by atoms with Gasteiger partial charge in [-0.3, -0.25) is 4.90 Å². The number of aliphatic hydroxyl groups is 2. The topological polar surface area (TPSA) is 70.8 Å². The Labute approximate surface area is 160 Å². The van der Waals surface area contributed by atoms with Gasteiger partial charge < -0.3 is 19.5 Å². The zero-order chi connectivity index (χ0) is 19.0. The van der Waals surface area contributed by atoms with Crippen LogP contribution in [0.3, 0.4) is 0 Å². The molecule has 146 valence electrons. The number of hydrogen-bond donors (Lipinski definition) is 2. The maximum absolute atomic E-state index is 11.7. The van der Waals surface area contributed by atoms with E-state index in [4.69, 9.17) is 4.74 Å². The van der Waals surface area contributed by atoms with Crippen LogP contribution in [-0.2, 0) is 25.8 Å². The van der Waals surface area contributed by atoms with Crippen molar-refractivity contribution in [2.45, 2.75) is 38.0 Å². The highest BCUT2D eigenvalue weighted by Crippen LogP contribution is 2.48. The Balaban J connectivity index is 1.55. The number of nitrogens with zero attached hydrogens (tertiary/aromatic N) is 3. The third-order valence-corrected chi connectivity index (χ3v) is 6.41. The Morgan fingerprint density at radius 1 is 1.26 bits per heavy atom. The molecule has 4 rings (SSSR count). The van der Waals surface area contributed by atoms with Crippen LogP contribution in [0.1, 0.15) is 36.2 Å². The zero-order valence-electron chi connectivity index (χ0n) is 16.1. The first-order valence-electron chi connectivity index (χ1n) is 9.75. The summed E-state index contributed by atoms with van der Waals surface area (Å²) in [6, 6.07) is 6.01. The molecule has 0 radical (unpaired) electrons. The predicted molar refractivity (Wildman–Crippen MR) is 102 cm³/mol. The number of benzene rings is 1. The highest BCUT2D eigenvalue weighted by atomic mass is 16.5. The van der Waals surface area contributed by atoms with Crippen molar-refractivity contribution < 1.29 is 14.9 Å². The summed E-state index contributed by atoms with van der Waals surface area (Å²) in [6.45, 7) is 2.52. The van der Waals surface area contributed by atoms with E-state index in [0.29, 0.717) is 0 Å². The fourth-order valence-corrected chi connectivity index (χ4v) is 5.10. The highest BCUT2D eigenvalue weighted by molar-refractivity contribution is 5.37. The standard InChI is InChI=1S/C21H29N3O3/c1-23-9-8-22-20(23)21(26)17-4-3-5-18(21)13-24(12-17)11-15-6-7-19(27-2)16(10-15)14-25/h6-10,17-18,25-26H,3-5,11-14H2,1-2H3/t17-,18+,21?. The number of imidazole rings is 1. The summed E-state index contributed by atoms with van der Waals surface area (Å²) in [5.74, 6) is 1.92. The van der Waals surface area contributed by atoms with Gasteiger partial charge in [-0.2, -0.15) is 0 Å². The van der Waals surface area contributed by atoms with Gasteiger partial charge >= 0.3 is 0 Å². The van der Waals surface area contributed by atoms with Gasteiger partial charge in [-0.1, -0.05) is 12.5 Å². The van der Waals surface area contributed by atoms with Crippen LogP contribution in [-0.4, -0.2) is 44.9 Å². The van der Waals surface area contributed by atoms with Gasteiger partial charge in [-0.15, -0.1) is 0 Å². The van der Waals surface area contributed by atoms with Crippen molar-refractivity contribution in [3.8, 4) is 5.75 Å². The average Bonchev–Trinajstić information content (AvgIpc) is 3.09. The number of aliphatic hydroxyl groups excluding tert-OH is 1. The molecule has 1 unspecified atom stereocenters. The number of piperidine rings is 1. The van der Waals surface area contributed by atoms with E-state index in [0.717, 1.165) is 49.6 Å². The van der Waals surface area contributed by atoms with Crippen LogP contribution in [0.25, 0.3) is 0 Å². The first-order valence-corrected chi connectivity index (χ1v) is 9.75. The zero-order valence-corrected chi connectivity index (χ0v) is 16.1. The molecule has 1 aliphatic carbocycles. The number of hydrogen-bond acceptors (Lipinski definition) is 5. The number of methoxy groups -OCH3 is 1. The second-order valence-corrected chi connectivity index (χ2v) is 8.01. The smallest absolute Gasteiger partial charge is 0.141 e. The second-order valence-electron chi connectivity index (χ2n) is 8.01. The summed E-state index contributed by atoms with van der Waals surface area (Å²) in [6.07, 6.45) is 6.93. The lowest BCUT2D eigenvalue weighted by atomic mass is 9.65. The number of rotatable bonds is 5. The molecule has 2 aromatic rings. The van der Waals surface area contributed by atoms with Crippen LogP contribution in [0.2, 0.25) is 0 Å². The van der Waals surface area contributed by atoms with Gasteiger partial charge in [-0.05, 0) is 30.5 Å². The molecule has 0 spiro atoms. The fraction of sp³-hybridized carbons (Fsp3) is 0.571. The average molecular weight is 371 g/mol. The number of ether oxygens (including phenoxy) is 1. The number of aromatic nitrogens is 2. The summed E-state index contributed by atoms with van der Waals surface area (Å²) in [5.41, 5.74) is 1.15. The normalized spacial score (nSPS) is 28.3. The molecule has 2 heterocycles. The van der Waals surface area contributed by atoms with Crippen molar-refractivity contribution in [3.63, 3.8) is 0 Å².